The number of pyridine rings is 2. The van der Waals surface area contributed by atoms with Crippen LogP contribution < -0.4 is 0 Å². The van der Waals surface area contributed by atoms with Gasteiger partial charge in [-0.05, 0) is 24.6 Å². The van der Waals surface area contributed by atoms with Crippen molar-refractivity contribution < 1.29 is 9.90 Å². The van der Waals surface area contributed by atoms with Gasteiger partial charge in [0.25, 0.3) is 0 Å². The molecule has 7 nitrogen and oxygen atoms in total. The second-order valence-electron chi connectivity index (χ2n) is 6.46. The Morgan fingerprint density at radius 2 is 1.96 bits per heavy atom. The van der Waals surface area contributed by atoms with Crippen LogP contribution in [0.1, 0.15) is 23.7 Å². The molecule has 4 aromatic heterocycles. The van der Waals surface area contributed by atoms with E-state index in [-0.39, 0.29) is 5.56 Å². The molecule has 0 bridgehead atoms. The van der Waals surface area contributed by atoms with Gasteiger partial charge in [-0.15, -0.1) is 0 Å². The van der Waals surface area contributed by atoms with Crippen molar-refractivity contribution in [3.05, 3.63) is 54.7 Å². The van der Waals surface area contributed by atoms with Crippen LogP contribution >= 0.6 is 0 Å². The molecule has 0 aliphatic carbocycles. The molecule has 0 saturated heterocycles. The van der Waals surface area contributed by atoms with Crippen molar-refractivity contribution in [3.8, 4) is 22.5 Å². The first-order chi connectivity index (χ1) is 13.1. The van der Waals surface area contributed by atoms with E-state index in [4.69, 9.17) is 0 Å². The van der Waals surface area contributed by atoms with E-state index >= 15 is 0 Å². The number of aryl methyl sites for hydroxylation is 2. The maximum absolute atomic E-state index is 11.3. The molecule has 0 radical (unpaired) electrons. The highest BCUT2D eigenvalue weighted by Gasteiger charge is 2.14. The van der Waals surface area contributed by atoms with E-state index in [0.717, 1.165) is 35.0 Å². The number of carboxylic acid groups (broad SMARTS) is 1. The van der Waals surface area contributed by atoms with E-state index in [9.17, 15) is 9.90 Å². The minimum Gasteiger partial charge on any atom is -0.478 e. The first-order valence-corrected chi connectivity index (χ1v) is 8.74. The van der Waals surface area contributed by atoms with Crippen LogP contribution in [0.2, 0.25) is 0 Å². The van der Waals surface area contributed by atoms with E-state index < -0.39 is 5.97 Å². The molecule has 136 valence electrons. The second kappa shape index (κ2) is 6.68. The van der Waals surface area contributed by atoms with Crippen LogP contribution in [0.5, 0.6) is 0 Å². The third kappa shape index (κ3) is 3.08. The van der Waals surface area contributed by atoms with Crippen molar-refractivity contribution in [2.75, 3.05) is 0 Å². The lowest BCUT2D eigenvalue weighted by molar-refractivity contribution is 0.0697. The number of carboxylic acids is 1. The SMILES string of the molecule is CCCn1cc(-c2cnn(C)c2)c2cc(-c3cc(C(=O)O)ccn3)ncc21. The fourth-order valence-corrected chi connectivity index (χ4v) is 3.25. The van der Waals surface area contributed by atoms with Crippen LogP contribution in [0.25, 0.3) is 33.4 Å². The molecule has 0 amide bonds. The van der Waals surface area contributed by atoms with Crippen LogP contribution in [0.3, 0.4) is 0 Å². The summed E-state index contributed by atoms with van der Waals surface area (Å²) in [5, 5.41) is 14.6. The second-order valence-corrected chi connectivity index (χ2v) is 6.46. The summed E-state index contributed by atoms with van der Waals surface area (Å²) >= 11 is 0. The molecule has 0 saturated carbocycles. The molecule has 0 unspecified atom stereocenters. The minimum atomic E-state index is -0.982. The van der Waals surface area contributed by atoms with Gasteiger partial charge in [0.05, 0.1) is 34.9 Å². The lowest BCUT2D eigenvalue weighted by atomic mass is 10.1. The summed E-state index contributed by atoms with van der Waals surface area (Å²) in [6.45, 7) is 3.03. The van der Waals surface area contributed by atoms with Gasteiger partial charge in [0, 0.05) is 48.7 Å². The monoisotopic (exact) mass is 361 g/mol. The lowest BCUT2D eigenvalue weighted by Crippen LogP contribution is -1.98. The molecule has 0 aliphatic rings. The average molecular weight is 361 g/mol. The molecular weight excluding hydrogens is 342 g/mol. The molecule has 4 aromatic rings. The third-order valence-electron chi connectivity index (χ3n) is 4.52. The van der Waals surface area contributed by atoms with Crippen molar-refractivity contribution in [1.82, 2.24) is 24.3 Å². The molecule has 0 fully saturated rings. The Hall–Kier alpha value is -3.48. The maximum Gasteiger partial charge on any atom is 0.335 e. The van der Waals surface area contributed by atoms with E-state index in [1.165, 1.54) is 12.3 Å². The zero-order valence-electron chi connectivity index (χ0n) is 15.1. The van der Waals surface area contributed by atoms with Crippen LogP contribution in [-0.2, 0) is 13.6 Å². The summed E-state index contributed by atoms with van der Waals surface area (Å²) in [7, 11) is 1.89. The van der Waals surface area contributed by atoms with Crippen LogP contribution in [-0.4, -0.2) is 35.4 Å². The quantitative estimate of drug-likeness (QED) is 0.587. The number of aromatic carboxylic acids is 1. The number of aromatic nitrogens is 5. The van der Waals surface area contributed by atoms with Crippen molar-refractivity contribution in [3.63, 3.8) is 0 Å². The summed E-state index contributed by atoms with van der Waals surface area (Å²) in [5.41, 5.74) is 4.51. The first kappa shape index (κ1) is 17.0. The maximum atomic E-state index is 11.3. The highest BCUT2D eigenvalue weighted by Crippen LogP contribution is 2.32. The Bertz CT molecular complexity index is 1140. The van der Waals surface area contributed by atoms with Gasteiger partial charge in [-0.2, -0.15) is 5.10 Å². The molecule has 4 heterocycles. The highest BCUT2D eigenvalue weighted by atomic mass is 16.4. The highest BCUT2D eigenvalue weighted by molar-refractivity contribution is 5.97. The van der Waals surface area contributed by atoms with Gasteiger partial charge in [0.2, 0.25) is 0 Å². The fourth-order valence-electron chi connectivity index (χ4n) is 3.25. The molecule has 1 N–H and O–H groups in total. The van der Waals surface area contributed by atoms with Crippen LogP contribution in [0.4, 0.5) is 0 Å². The van der Waals surface area contributed by atoms with Crippen LogP contribution in [0.15, 0.2) is 49.2 Å². The Morgan fingerprint density at radius 3 is 2.67 bits per heavy atom. The lowest BCUT2D eigenvalue weighted by Gasteiger charge is -2.05. The van der Waals surface area contributed by atoms with Crippen LogP contribution in [0, 0.1) is 0 Å². The van der Waals surface area contributed by atoms with E-state index in [1.807, 2.05) is 31.7 Å². The molecule has 0 aromatic carbocycles. The van der Waals surface area contributed by atoms with E-state index in [0.29, 0.717) is 11.4 Å². The normalized spacial score (nSPS) is 11.2. The molecule has 7 heteroatoms. The first-order valence-electron chi connectivity index (χ1n) is 8.74. The Balaban J connectivity index is 1.90. The Kier molecular flexibility index (Phi) is 4.19. The number of carbonyl (C=O) groups is 1. The zero-order valence-corrected chi connectivity index (χ0v) is 15.1. The smallest absolute Gasteiger partial charge is 0.335 e. The fraction of sp³-hybridized carbons (Fsp3) is 0.200. The molecule has 0 atom stereocenters. The summed E-state index contributed by atoms with van der Waals surface area (Å²) < 4.78 is 3.97. The van der Waals surface area contributed by atoms with E-state index in [2.05, 4.69) is 32.8 Å². The molecule has 0 aliphatic heterocycles. The summed E-state index contributed by atoms with van der Waals surface area (Å²) in [6, 6.07) is 4.99. The number of nitrogens with zero attached hydrogens (tertiary/aromatic N) is 5. The minimum absolute atomic E-state index is 0.193. The third-order valence-corrected chi connectivity index (χ3v) is 4.52. The van der Waals surface area contributed by atoms with Gasteiger partial charge in [0.1, 0.15) is 0 Å². The van der Waals surface area contributed by atoms with Gasteiger partial charge >= 0.3 is 5.97 Å². The topological polar surface area (TPSA) is 85.8 Å². The standard InChI is InChI=1S/C20H19N5O2/c1-3-6-25-12-16(14-9-23-24(2)11-14)15-8-18(22-10-19(15)25)17-7-13(20(26)27)4-5-21-17/h4-5,7-12H,3,6H2,1-2H3,(H,26,27). The zero-order chi connectivity index (χ0) is 19.0. The van der Waals surface area contributed by atoms with Gasteiger partial charge in [-0.3, -0.25) is 14.6 Å². The van der Waals surface area contributed by atoms with Crippen molar-refractivity contribution in [2.24, 2.45) is 7.05 Å². The molecule has 4 rings (SSSR count). The van der Waals surface area contributed by atoms with Crippen molar-refractivity contribution >= 4 is 16.9 Å². The predicted molar refractivity (Wildman–Crippen MR) is 102 cm³/mol. The summed E-state index contributed by atoms with van der Waals surface area (Å²) in [6.07, 6.45) is 10.3. The number of fused-ring (bicyclic) bond motifs is 1. The molecule has 27 heavy (non-hydrogen) atoms. The van der Waals surface area contributed by atoms with Gasteiger partial charge < -0.3 is 9.67 Å². The average Bonchev–Trinajstić information content (AvgIpc) is 3.25. The molecule has 0 spiro atoms. The van der Waals surface area contributed by atoms with Gasteiger partial charge in [0.15, 0.2) is 0 Å². The van der Waals surface area contributed by atoms with Crippen molar-refractivity contribution in [1.29, 1.82) is 0 Å². The molecular formula is C20H19N5O2. The largest absolute Gasteiger partial charge is 0.478 e. The van der Waals surface area contributed by atoms with Crippen molar-refractivity contribution in [2.45, 2.75) is 19.9 Å². The Labute approximate surface area is 155 Å². The number of hydrogen-bond acceptors (Lipinski definition) is 4. The number of rotatable bonds is 5. The predicted octanol–water partition coefficient (Wildman–Crippen LogP) is 3.61. The summed E-state index contributed by atoms with van der Waals surface area (Å²) in [5.74, 6) is -0.982. The van der Waals surface area contributed by atoms with Gasteiger partial charge in [-0.25, -0.2) is 4.79 Å². The Morgan fingerprint density at radius 1 is 1.15 bits per heavy atom. The summed E-state index contributed by atoms with van der Waals surface area (Å²) in [4.78, 5) is 20.1. The number of hydrogen-bond donors (Lipinski definition) is 1. The van der Waals surface area contributed by atoms with Gasteiger partial charge in [-0.1, -0.05) is 6.92 Å². The van der Waals surface area contributed by atoms with E-state index in [1.54, 1.807) is 10.7 Å².